The highest BCUT2D eigenvalue weighted by atomic mass is 19.1. The third-order valence-corrected chi connectivity index (χ3v) is 10.2. The molecule has 1 saturated heterocycles. The Morgan fingerprint density at radius 1 is 1.00 bits per heavy atom. The molecule has 0 amide bonds. The second-order valence-electron chi connectivity index (χ2n) is 13.1. The maximum atomic E-state index is 15.3. The molecular formula is C37H45FN2O6. The summed E-state index contributed by atoms with van der Waals surface area (Å²) < 4.78 is 38.6. The Balaban J connectivity index is 1.35. The number of aromatic nitrogens is 1. The molecule has 0 radical (unpaired) electrons. The molecule has 3 aliphatic rings. The minimum atomic E-state index is -0.761. The van der Waals surface area contributed by atoms with Crippen LogP contribution in [0.1, 0.15) is 73.3 Å². The van der Waals surface area contributed by atoms with Crippen molar-refractivity contribution in [1.29, 1.82) is 0 Å². The zero-order valence-electron chi connectivity index (χ0n) is 27.2. The first kappa shape index (κ1) is 32.4. The van der Waals surface area contributed by atoms with Crippen molar-refractivity contribution < 1.29 is 33.2 Å². The Labute approximate surface area is 270 Å². The molecule has 2 fully saturated rings. The van der Waals surface area contributed by atoms with Gasteiger partial charge in [0, 0.05) is 44.5 Å². The molecular weight excluding hydrogens is 587 g/mol. The Morgan fingerprint density at radius 2 is 1.74 bits per heavy atom. The van der Waals surface area contributed by atoms with E-state index in [9.17, 15) is 9.90 Å². The predicted molar refractivity (Wildman–Crippen MR) is 173 cm³/mol. The molecule has 1 aromatic heterocycles. The second-order valence-corrected chi connectivity index (χ2v) is 13.1. The van der Waals surface area contributed by atoms with Crippen molar-refractivity contribution in [3.05, 3.63) is 76.7 Å². The third-order valence-electron chi connectivity index (χ3n) is 10.2. The van der Waals surface area contributed by atoms with Crippen LogP contribution >= 0.6 is 0 Å². The van der Waals surface area contributed by atoms with E-state index in [4.69, 9.17) is 18.9 Å². The highest BCUT2D eigenvalue weighted by Gasteiger charge is 2.39. The molecule has 46 heavy (non-hydrogen) atoms. The van der Waals surface area contributed by atoms with Gasteiger partial charge in [-0.25, -0.2) is 9.37 Å². The smallest absolute Gasteiger partial charge is 0.306 e. The number of fused-ring (bicyclic) bond motifs is 1. The summed E-state index contributed by atoms with van der Waals surface area (Å²) in [6, 6.07) is 14.6. The number of hydrogen-bond donors (Lipinski definition) is 1. The summed E-state index contributed by atoms with van der Waals surface area (Å²) in [6.45, 7) is 3.63. The lowest BCUT2D eigenvalue weighted by Crippen LogP contribution is -2.40. The summed E-state index contributed by atoms with van der Waals surface area (Å²) in [6.07, 6.45) is 6.82. The Kier molecular flexibility index (Phi) is 9.92. The number of hydrogen-bond acceptors (Lipinski definition) is 7. The van der Waals surface area contributed by atoms with Gasteiger partial charge in [-0.1, -0.05) is 37.3 Å². The fourth-order valence-corrected chi connectivity index (χ4v) is 7.56. The van der Waals surface area contributed by atoms with Crippen molar-refractivity contribution in [2.75, 3.05) is 34.5 Å². The van der Waals surface area contributed by atoms with Crippen molar-refractivity contribution in [2.45, 2.75) is 76.1 Å². The molecule has 1 aliphatic carbocycles. The molecule has 6 rings (SSSR count). The van der Waals surface area contributed by atoms with Crippen LogP contribution in [-0.2, 0) is 27.2 Å². The lowest BCUT2D eigenvalue weighted by atomic mass is 9.82. The van der Waals surface area contributed by atoms with E-state index in [0.717, 1.165) is 72.1 Å². The number of ether oxygens (including phenoxy) is 4. The third kappa shape index (κ3) is 6.77. The van der Waals surface area contributed by atoms with Gasteiger partial charge in [-0.3, -0.25) is 9.69 Å². The number of methoxy groups -OCH3 is 3. The maximum Gasteiger partial charge on any atom is 0.306 e. The summed E-state index contributed by atoms with van der Waals surface area (Å²) in [4.78, 5) is 18.4. The molecule has 2 unspecified atom stereocenters. The van der Waals surface area contributed by atoms with Crippen LogP contribution in [0.2, 0.25) is 0 Å². The van der Waals surface area contributed by atoms with E-state index in [0.29, 0.717) is 37.1 Å². The van der Waals surface area contributed by atoms with Gasteiger partial charge >= 0.3 is 5.97 Å². The average molecular weight is 633 g/mol. The van der Waals surface area contributed by atoms with Crippen molar-refractivity contribution in [3.8, 4) is 22.8 Å². The molecule has 2 aromatic carbocycles. The van der Waals surface area contributed by atoms with Gasteiger partial charge in [0.2, 0.25) is 5.88 Å². The van der Waals surface area contributed by atoms with Crippen molar-refractivity contribution in [2.24, 2.45) is 11.8 Å². The summed E-state index contributed by atoms with van der Waals surface area (Å²) in [5.41, 5.74) is 5.42. The van der Waals surface area contributed by atoms with Gasteiger partial charge in [0.05, 0.1) is 32.4 Å². The number of aryl methyl sites for hydroxylation is 1. The lowest BCUT2D eigenvalue weighted by molar-refractivity contribution is -0.142. The molecule has 5 atom stereocenters. The fraction of sp³-hybridized carbons (Fsp3) is 0.514. The number of likely N-dealkylation sites (tertiary alicyclic amines) is 1. The van der Waals surface area contributed by atoms with E-state index < -0.39 is 17.7 Å². The molecule has 2 aliphatic heterocycles. The van der Waals surface area contributed by atoms with Crippen molar-refractivity contribution in [1.82, 2.24) is 9.88 Å². The van der Waals surface area contributed by atoms with Crippen LogP contribution in [0.15, 0.2) is 48.7 Å². The van der Waals surface area contributed by atoms with Crippen LogP contribution in [0.4, 0.5) is 4.39 Å². The molecule has 3 aromatic rings. The number of aliphatic carboxylic acids is 1. The zero-order valence-corrected chi connectivity index (χ0v) is 27.2. The predicted octanol–water partition coefficient (Wildman–Crippen LogP) is 6.80. The summed E-state index contributed by atoms with van der Waals surface area (Å²) in [5, 5.41) is 9.81. The van der Waals surface area contributed by atoms with Gasteiger partial charge in [-0.15, -0.1) is 0 Å². The van der Waals surface area contributed by atoms with Crippen LogP contribution in [0, 0.1) is 17.7 Å². The number of rotatable bonds is 13. The first-order chi connectivity index (χ1) is 22.3. The fourth-order valence-electron chi connectivity index (χ4n) is 7.56. The second kappa shape index (κ2) is 14.1. The van der Waals surface area contributed by atoms with E-state index in [1.807, 2.05) is 19.1 Å². The highest BCUT2D eigenvalue weighted by molar-refractivity contribution is 5.71. The van der Waals surface area contributed by atoms with E-state index in [-0.39, 0.29) is 24.1 Å². The average Bonchev–Trinajstić information content (AvgIpc) is 3.83. The van der Waals surface area contributed by atoms with Crippen LogP contribution < -0.4 is 9.47 Å². The Morgan fingerprint density at radius 3 is 2.39 bits per heavy atom. The summed E-state index contributed by atoms with van der Waals surface area (Å²) in [7, 11) is 4.98. The molecule has 1 N–H and O–H groups in total. The molecule has 9 heteroatoms. The molecule has 8 nitrogen and oxygen atoms in total. The van der Waals surface area contributed by atoms with E-state index in [1.54, 1.807) is 20.3 Å². The van der Waals surface area contributed by atoms with E-state index in [2.05, 4.69) is 34.1 Å². The number of benzene rings is 2. The monoisotopic (exact) mass is 632 g/mol. The quantitative estimate of drug-likeness (QED) is 0.220. The first-order valence-corrected chi connectivity index (χ1v) is 16.4. The largest absolute Gasteiger partial charge is 0.485 e. The topological polar surface area (TPSA) is 90.4 Å². The molecule has 0 spiro atoms. The first-order valence-electron chi connectivity index (χ1n) is 16.4. The molecule has 3 heterocycles. The number of carboxylic acids is 1. The summed E-state index contributed by atoms with van der Waals surface area (Å²) in [5.74, 6) is -0.0660. The zero-order chi connectivity index (χ0) is 32.4. The SMILES string of the molecule is COCC1CC[C@@H](COC)N1Cc1cc(C2CCc3ccc([C@H](C4CC4)[C@H](C)C(=O)O)cc3O2)ccc1-c1cc(OC)ncc1F. The number of carboxylic acid groups (broad SMARTS) is 1. The van der Waals surface area contributed by atoms with Crippen LogP contribution in [0.5, 0.6) is 11.6 Å². The van der Waals surface area contributed by atoms with Gasteiger partial charge in [-0.2, -0.15) is 0 Å². The van der Waals surface area contributed by atoms with Crippen molar-refractivity contribution >= 4 is 5.97 Å². The van der Waals surface area contributed by atoms with Crippen LogP contribution in [-0.4, -0.2) is 67.6 Å². The molecule has 246 valence electrons. The van der Waals surface area contributed by atoms with Gasteiger partial charge < -0.3 is 24.1 Å². The van der Waals surface area contributed by atoms with Gasteiger partial charge in [0.25, 0.3) is 0 Å². The normalized spacial score (nSPS) is 22.6. The Hall–Kier alpha value is -3.53. The van der Waals surface area contributed by atoms with Gasteiger partial charge in [-0.05, 0) is 84.2 Å². The molecule has 0 bridgehead atoms. The minimum Gasteiger partial charge on any atom is -0.485 e. The van der Waals surface area contributed by atoms with Gasteiger partial charge in [0.15, 0.2) is 0 Å². The van der Waals surface area contributed by atoms with Crippen LogP contribution in [0.3, 0.4) is 0 Å². The highest BCUT2D eigenvalue weighted by Crippen LogP contribution is 2.48. The molecule has 1 saturated carbocycles. The van der Waals surface area contributed by atoms with Gasteiger partial charge in [0.1, 0.15) is 17.7 Å². The minimum absolute atomic E-state index is 0.0227. The number of pyridine rings is 1. The van der Waals surface area contributed by atoms with Crippen LogP contribution in [0.25, 0.3) is 11.1 Å². The lowest BCUT2D eigenvalue weighted by Gasteiger charge is -2.32. The van der Waals surface area contributed by atoms with E-state index >= 15 is 4.39 Å². The number of nitrogens with zero attached hydrogens (tertiary/aromatic N) is 2. The van der Waals surface area contributed by atoms with Crippen molar-refractivity contribution in [3.63, 3.8) is 0 Å². The van der Waals surface area contributed by atoms with E-state index in [1.165, 1.54) is 13.3 Å². The maximum absolute atomic E-state index is 15.3. The standard InChI is InChI=1S/C37H45FN2O6/c1-22(37(41)42)36(24-6-7-24)26-8-5-23-10-14-33(46-34(23)16-26)25-9-13-30(31-17-35(45-4)39-18-32(31)38)27(15-25)19-40-28(20-43-2)11-12-29(40)21-44-3/h5,8-9,13,15-18,22,24,28-29,33,36H,6-7,10-12,14,19-21H2,1-4H3,(H,41,42)/t22-,28-,29?,33?,36-/m0/s1. The Bertz CT molecular complexity index is 1530. The number of halogens is 1. The summed E-state index contributed by atoms with van der Waals surface area (Å²) >= 11 is 0. The number of carbonyl (C=O) groups is 1.